The highest BCUT2D eigenvalue weighted by Gasteiger charge is 2.12. The lowest BCUT2D eigenvalue weighted by Crippen LogP contribution is -2.04. The van der Waals surface area contributed by atoms with Crippen molar-refractivity contribution in [1.82, 2.24) is 0 Å². The lowest BCUT2D eigenvalue weighted by atomic mass is 10.1. The maximum absolute atomic E-state index is 10.9. The fraction of sp³-hybridized carbons (Fsp3) is 0.143. The maximum Gasteiger partial charge on any atom is 0.272 e. The summed E-state index contributed by atoms with van der Waals surface area (Å²) in [4.78, 5) is 10.5. The molecular weight excluding hydrogens is 346 g/mol. The molecule has 0 aliphatic heterocycles. The second-order valence-electron chi connectivity index (χ2n) is 4.06. The van der Waals surface area contributed by atoms with Gasteiger partial charge in [-0.1, -0.05) is 45.7 Å². The number of ether oxygens (including phenoxy) is 1. The van der Waals surface area contributed by atoms with Gasteiger partial charge in [0.25, 0.3) is 5.69 Å². The molecule has 0 bridgehead atoms. The summed E-state index contributed by atoms with van der Waals surface area (Å²) in [5.74, 6) is 0.555. The first kappa shape index (κ1) is 14.8. The Labute approximate surface area is 129 Å². The summed E-state index contributed by atoms with van der Waals surface area (Å²) in [7, 11) is 0. The van der Waals surface area contributed by atoms with E-state index in [-0.39, 0.29) is 10.6 Å². The van der Waals surface area contributed by atoms with E-state index in [0.29, 0.717) is 29.4 Å². The molecule has 4 nitrogen and oxygen atoms in total. The quantitative estimate of drug-likeness (QED) is 0.579. The van der Waals surface area contributed by atoms with Gasteiger partial charge in [-0.05, 0) is 18.2 Å². The van der Waals surface area contributed by atoms with Gasteiger partial charge in [0.15, 0.2) is 0 Å². The van der Waals surface area contributed by atoms with Gasteiger partial charge in [0.05, 0.1) is 16.6 Å². The van der Waals surface area contributed by atoms with Crippen LogP contribution in [0.3, 0.4) is 0 Å². The first-order chi connectivity index (χ1) is 9.58. The highest BCUT2D eigenvalue weighted by atomic mass is 79.9. The van der Waals surface area contributed by atoms with E-state index in [4.69, 9.17) is 16.3 Å². The van der Waals surface area contributed by atoms with Gasteiger partial charge in [0.1, 0.15) is 5.75 Å². The fourth-order valence-electron chi connectivity index (χ4n) is 1.76. The number of halogens is 2. The molecule has 0 spiro atoms. The molecule has 0 aliphatic carbocycles. The number of hydrogen-bond donors (Lipinski definition) is 0. The summed E-state index contributed by atoms with van der Waals surface area (Å²) in [5, 5.41) is 11.4. The average Bonchev–Trinajstić information content (AvgIpc) is 2.43. The number of nitrogens with zero attached hydrogens (tertiary/aromatic N) is 1. The van der Waals surface area contributed by atoms with E-state index >= 15 is 0 Å². The van der Waals surface area contributed by atoms with Crippen LogP contribution in [0.5, 0.6) is 5.75 Å². The van der Waals surface area contributed by atoms with Crippen molar-refractivity contribution in [2.24, 2.45) is 0 Å². The van der Waals surface area contributed by atoms with Crippen LogP contribution in [-0.4, -0.2) is 11.5 Å². The van der Waals surface area contributed by atoms with Gasteiger partial charge < -0.3 is 4.74 Å². The van der Waals surface area contributed by atoms with Crippen molar-refractivity contribution >= 4 is 33.2 Å². The molecule has 0 heterocycles. The Morgan fingerprint density at radius 2 is 2.00 bits per heavy atom. The summed E-state index contributed by atoms with van der Waals surface area (Å²) >= 11 is 9.34. The van der Waals surface area contributed by atoms with Crippen molar-refractivity contribution in [3.63, 3.8) is 0 Å². The summed E-state index contributed by atoms with van der Waals surface area (Å²) < 4.78 is 6.44. The Balaban J connectivity index is 2.03. The van der Waals surface area contributed by atoms with E-state index in [1.165, 1.54) is 6.07 Å². The third-order valence-electron chi connectivity index (χ3n) is 2.71. The zero-order chi connectivity index (χ0) is 14.5. The average molecular weight is 357 g/mol. The lowest BCUT2D eigenvalue weighted by Gasteiger charge is -2.08. The summed E-state index contributed by atoms with van der Waals surface area (Å²) in [6.07, 6.45) is 0.444. The second kappa shape index (κ2) is 6.72. The Kier molecular flexibility index (Phi) is 4.98. The Morgan fingerprint density at radius 3 is 2.75 bits per heavy atom. The van der Waals surface area contributed by atoms with Gasteiger partial charge in [-0.15, -0.1) is 0 Å². The standard InChI is InChI=1S/C14H11BrClNO3/c15-11-5-6-12(16)14(9-11)20-8-7-10-3-1-2-4-13(10)17(18)19/h1-6,9H,7-8H2. The molecule has 104 valence electrons. The van der Waals surface area contributed by atoms with E-state index in [1.54, 1.807) is 30.3 Å². The van der Waals surface area contributed by atoms with Gasteiger partial charge in [-0.2, -0.15) is 0 Å². The molecule has 2 rings (SSSR count). The number of para-hydroxylation sites is 1. The van der Waals surface area contributed by atoms with Crippen LogP contribution in [0, 0.1) is 10.1 Å². The highest BCUT2D eigenvalue weighted by Crippen LogP contribution is 2.28. The molecule has 0 N–H and O–H groups in total. The number of benzene rings is 2. The van der Waals surface area contributed by atoms with Crippen molar-refractivity contribution in [1.29, 1.82) is 0 Å². The minimum Gasteiger partial charge on any atom is -0.492 e. The SMILES string of the molecule is O=[N+]([O-])c1ccccc1CCOc1cc(Br)ccc1Cl. The molecule has 6 heteroatoms. The predicted molar refractivity (Wildman–Crippen MR) is 81.4 cm³/mol. The first-order valence-electron chi connectivity index (χ1n) is 5.88. The molecule has 0 aromatic heterocycles. The topological polar surface area (TPSA) is 52.4 Å². The van der Waals surface area contributed by atoms with Crippen molar-refractivity contribution in [3.05, 3.63) is 67.6 Å². The summed E-state index contributed by atoms with van der Waals surface area (Å²) in [6.45, 7) is 0.320. The lowest BCUT2D eigenvalue weighted by molar-refractivity contribution is -0.385. The van der Waals surface area contributed by atoms with Crippen molar-refractivity contribution in [2.75, 3.05) is 6.61 Å². The zero-order valence-electron chi connectivity index (χ0n) is 10.4. The van der Waals surface area contributed by atoms with Crippen LogP contribution < -0.4 is 4.74 Å². The molecule has 0 aliphatic rings. The van der Waals surface area contributed by atoms with Crippen LogP contribution in [0.15, 0.2) is 46.9 Å². The minimum absolute atomic E-state index is 0.108. The molecule has 0 saturated heterocycles. The molecule has 0 radical (unpaired) electrons. The van der Waals surface area contributed by atoms with Crippen LogP contribution in [0.25, 0.3) is 0 Å². The van der Waals surface area contributed by atoms with E-state index in [2.05, 4.69) is 15.9 Å². The van der Waals surface area contributed by atoms with E-state index < -0.39 is 0 Å². The highest BCUT2D eigenvalue weighted by molar-refractivity contribution is 9.10. The largest absolute Gasteiger partial charge is 0.492 e. The minimum atomic E-state index is -0.387. The van der Waals surface area contributed by atoms with Crippen LogP contribution in [-0.2, 0) is 6.42 Å². The van der Waals surface area contributed by atoms with Crippen LogP contribution in [0.2, 0.25) is 5.02 Å². The predicted octanol–water partition coefficient (Wildman–Crippen LogP) is 4.63. The molecule has 0 fully saturated rings. The fourth-order valence-corrected chi connectivity index (χ4v) is 2.27. The second-order valence-corrected chi connectivity index (χ2v) is 5.38. The summed E-state index contributed by atoms with van der Waals surface area (Å²) in [6, 6.07) is 11.9. The third-order valence-corrected chi connectivity index (χ3v) is 3.52. The number of rotatable bonds is 5. The van der Waals surface area contributed by atoms with E-state index in [0.717, 1.165) is 4.47 Å². The smallest absolute Gasteiger partial charge is 0.272 e. The number of nitro benzene ring substituents is 1. The van der Waals surface area contributed by atoms with E-state index in [9.17, 15) is 10.1 Å². The van der Waals surface area contributed by atoms with Crippen molar-refractivity contribution in [3.8, 4) is 5.75 Å². The van der Waals surface area contributed by atoms with Crippen LogP contribution in [0.4, 0.5) is 5.69 Å². The third kappa shape index (κ3) is 3.71. The van der Waals surface area contributed by atoms with Crippen LogP contribution in [0.1, 0.15) is 5.56 Å². The molecule has 20 heavy (non-hydrogen) atoms. The van der Waals surface area contributed by atoms with Crippen molar-refractivity contribution < 1.29 is 9.66 Å². The number of nitro groups is 1. The molecule has 0 atom stereocenters. The molecular formula is C14H11BrClNO3. The monoisotopic (exact) mass is 355 g/mol. The van der Waals surface area contributed by atoms with Gasteiger partial charge in [-0.25, -0.2) is 0 Å². The Morgan fingerprint density at radius 1 is 1.25 bits per heavy atom. The molecule has 0 saturated carbocycles. The van der Waals surface area contributed by atoms with Gasteiger partial charge >= 0.3 is 0 Å². The van der Waals surface area contributed by atoms with Gasteiger partial charge in [0, 0.05) is 22.5 Å². The van der Waals surface area contributed by atoms with Crippen molar-refractivity contribution in [2.45, 2.75) is 6.42 Å². The Hall–Kier alpha value is -1.59. The zero-order valence-corrected chi connectivity index (χ0v) is 12.7. The van der Waals surface area contributed by atoms with Gasteiger partial charge in [-0.3, -0.25) is 10.1 Å². The number of hydrogen-bond acceptors (Lipinski definition) is 3. The first-order valence-corrected chi connectivity index (χ1v) is 7.05. The van der Waals surface area contributed by atoms with Gasteiger partial charge in [0.2, 0.25) is 0 Å². The summed E-state index contributed by atoms with van der Waals surface area (Å²) in [5.41, 5.74) is 0.750. The maximum atomic E-state index is 10.9. The molecule has 2 aromatic carbocycles. The Bertz CT molecular complexity index is 634. The van der Waals surface area contributed by atoms with Crippen LogP contribution >= 0.6 is 27.5 Å². The van der Waals surface area contributed by atoms with E-state index in [1.807, 2.05) is 6.07 Å². The molecule has 0 unspecified atom stereocenters. The normalized spacial score (nSPS) is 10.3. The molecule has 0 amide bonds. The molecule has 2 aromatic rings.